The molecule has 0 aliphatic rings. The number of carbonyl (C=O) groups is 1. The van der Waals surface area contributed by atoms with E-state index in [9.17, 15) is 4.79 Å². The van der Waals surface area contributed by atoms with Crippen LogP contribution in [0, 0.1) is 6.92 Å². The predicted molar refractivity (Wildman–Crippen MR) is 64.2 cm³/mol. The third-order valence-electron chi connectivity index (χ3n) is 2.66. The van der Waals surface area contributed by atoms with E-state index in [1.807, 2.05) is 6.92 Å². The maximum absolute atomic E-state index is 12.0. The number of rotatable bonds is 3. The van der Waals surface area contributed by atoms with Crippen LogP contribution in [0.15, 0.2) is 12.4 Å². The van der Waals surface area contributed by atoms with Gasteiger partial charge in [-0.25, -0.2) is 4.98 Å². The van der Waals surface area contributed by atoms with Gasteiger partial charge in [0.1, 0.15) is 0 Å². The van der Waals surface area contributed by atoms with Crippen molar-refractivity contribution < 1.29 is 4.79 Å². The molecule has 2 aromatic rings. The van der Waals surface area contributed by atoms with Crippen LogP contribution in [-0.2, 0) is 20.5 Å². The Balaban J connectivity index is 2.28. The van der Waals surface area contributed by atoms with Crippen LogP contribution in [0.25, 0.3) is 0 Å². The lowest BCUT2D eigenvalue weighted by molar-refractivity contribution is 0.0978. The van der Waals surface area contributed by atoms with Crippen molar-refractivity contribution in [3.05, 3.63) is 34.6 Å². The molecule has 0 amide bonds. The van der Waals surface area contributed by atoms with Crippen LogP contribution < -0.4 is 0 Å². The first-order chi connectivity index (χ1) is 8.00. The molecule has 0 aliphatic heterocycles. The Labute approximate surface area is 104 Å². The lowest BCUT2D eigenvalue weighted by Gasteiger charge is -2.02. The third kappa shape index (κ3) is 2.10. The number of aromatic nitrogens is 4. The minimum absolute atomic E-state index is 0.0672. The maximum Gasteiger partial charge on any atom is 0.204 e. The molecular formula is C11H13ClN4O. The second kappa shape index (κ2) is 4.33. The topological polar surface area (TPSA) is 52.7 Å². The Morgan fingerprint density at radius 3 is 2.65 bits per heavy atom. The van der Waals surface area contributed by atoms with Gasteiger partial charge in [-0.2, -0.15) is 5.10 Å². The second-order valence-corrected chi connectivity index (χ2v) is 4.31. The van der Waals surface area contributed by atoms with Gasteiger partial charge in [0, 0.05) is 26.5 Å². The van der Waals surface area contributed by atoms with Gasteiger partial charge in [0.15, 0.2) is 5.82 Å². The van der Waals surface area contributed by atoms with E-state index in [-0.39, 0.29) is 12.2 Å². The van der Waals surface area contributed by atoms with Crippen molar-refractivity contribution in [2.75, 3.05) is 0 Å². The highest BCUT2D eigenvalue weighted by Gasteiger charge is 2.18. The Kier molecular flexibility index (Phi) is 3.02. The average molecular weight is 253 g/mol. The van der Waals surface area contributed by atoms with Crippen molar-refractivity contribution in [1.29, 1.82) is 0 Å². The first kappa shape index (κ1) is 11.9. The molecule has 0 radical (unpaired) electrons. The van der Waals surface area contributed by atoms with Crippen LogP contribution in [0.4, 0.5) is 0 Å². The molecule has 5 nitrogen and oxygen atoms in total. The molecule has 90 valence electrons. The van der Waals surface area contributed by atoms with E-state index in [0.717, 1.165) is 11.4 Å². The summed E-state index contributed by atoms with van der Waals surface area (Å²) in [5.41, 5.74) is 1.45. The minimum atomic E-state index is -0.0672. The maximum atomic E-state index is 12.0. The quantitative estimate of drug-likeness (QED) is 0.779. The summed E-state index contributed by atoms with van der Waals surface area (Å²) in [5, 5.41) is 4.72. The summed E-state index contributed by atoms with van der Waals surface area (Å²) in [7, 11) is 3.57. The highest BCUT2D eigenvalue weighted by molar-refractivity contribution is 6.32. The van der Waals surface area contributed by atoms with E-state index in [4.69, 9.17) is 11.6 Å². The lowest BCUT2D eigenvalue weighted by Crippen LogP contribution is -2.12. The summed E-state index contributed by atoms with van der Waals surface area (Å²) in [4.78, 5) is 16.0. The molecule has 6 heteroatoms. The largest absolute Gasteiger partial charge is 0.332 e. The molecule has 0 atom stereocenters. The van der Waals surface area contributed by atoms with Crippen LogP contribution in [0.1, 0.15) is 22.0 Å². The molecular weight excluding hydrogens is 240 g/mol. The third-order valence-corrected chi connectivity index (χ3v) is 3.15. The van der Waals surface area contributed by atoms with Crippen molar-refractivity contribution >= 4 is 17.4 Å². The van der Waals surface area contributed by atoms with E-state index in [1.165, 1.54) is 0 Å². The SMILES string of the molecule is Cc1nn(C)c(CC(=O)c2nccn2C)c1Cl. The van der Waals surface area contributed by atoms with Crippen molar-refractivity contribution in [3.8, 4) is 0 Å². The summed E-state index contributed by atoms with van der Waals surface area (Å²) in [5.74, 6) is 0.363. The number of hydrogen-bond donors (Lipinski definition) is 0. The Hall–Kier alpha value is -1.62. The number of carbonyl (C=O) groups excluding carboxylic acids is 1. The van der Waals surface area contributed by atoms with Gasteiger partial charge in [-0.1, -0.05) is 11.6 Å². The fourth-order valence-corrected chi connectivity index (χ4v) is 1.96. The normalized spacial score (nSPS) is 10.8. The Bertz CT molecular complexity index is 570. The van der Waals surface area contributed by atoms with E-state index in [2.05, 4.69) is 10.1 Å². The lowest BCUT2D eigenvalue weighted by atomic mass is 10.2. The Morgan fingerprint density at radius 2 is 2.18 bits per heavy atom. The molecule has 0 saturated heterocycles. The first-order valence-electron chi connectivity index (χ1n) is 5.19. The summed E-state index contributed by atoms with van der Waals surface area (Å²) < 4.78 is 3.33. The first-order valence-corrected chi connectivity index (χ1v) is 5.57. The van der Waals surface area contributed by atoms with Gasteiger partial charge in [-0.15, -0.1) is 0 Å². The molecule has 2 heterocycles. The fraction of sp³-hybridized carbons (Fsp3) is 0.364. The van der Waals surface area contributed by atoms with Crippen molar-refractivity contribution in [1.82, 2.24) is 19.3 Å². The molecule has 0 bridgehead atoms. The molecule has 0 aliphatic carbocycles. The zero-order valence-electron chi connectivity index (χ0n) is 9.94. The van der Waals surface area contributed by atoms with E-state index in [1.54, 1.807) is 35.7 Å². The molecule has 0 unspecified atom stereocenters. The van der Waals surface area contributed by atoms with Crippen LogP contribution in [0.3, 0.4) is 0 Å². The van der Waals surface area contributed by atoms with Crippen molar-refractivity contribution in [2.24, 2.45) is 14.1 Å². The summed E-state index contributed by atoms with van der Waals surface area (Å²) in [6.45, 7) is 1.82. The molecule has 0 fully saturated rings. The number of imidazole rings is 1. The van der Waals surface area contributed by atoms with E-state index >= 15 is 0 Å². The standard InChI is InChI=1S/C11H13ClN4O/c1-7-10(12)8(16(3)14-7)6-9(17)11-13-4-5-15(11)2/h4-5H,6H2,1-3H3. The van der Waals surface area contributed by atoms with Crippen molar-refractivity contribution in [3.63, 3.8) is 0 Å². The van der Waals surface area contributed by atoms with Gasteiger partial charge in [-0.05, 0) is 6.92 Å². The minimum Gasteiger partial charge on any atom is -0.332 e. The van der Waals surface area contributed by atoms with Crippen LogP contribution in [0.2, 0.25) is 5.02 Å². The molecule has 0 saturated carbocycles. The smallest absolute Gasteiger partial charge is 0.204 e. The molecule has 2 aromatic heterocycles. The van der Waals surface area contributed by atoms with Gasteiger partial charge in [0.25, 0.3) is 0 Å². The highest BCUT2D eigenvalue weighted by atomic mass is 35.5. The highest BCUT2D eigenvalue weighted by Crippen LogP contribution is 2.20. The monoisotopic (exact) mass is 252 g/mol. The predicted octanol–water partition coefficient (Wildman–Crippen LogP) is 1.54. The summed E-state index contributed by atoms with van der Waals surface area (Å²) in [6.07, 6.45) is 3.55. The van der Waals surface area contributed by atoms with Gasteiger partial charge in [-0.3, -0.25) is 9.48 Å². The summed E-state index contributed by atoms with van der Waals surface area (Å²) >= 11 is 6.10. The van der Waals surface area contributed by atoms with Gasteiger partial charge in [0.05, 0.1) is 22.8 Å². The molecule has 0 aromatic carbocycles. The van der Waals surface area contributed by atoms with Gasteiger partial charge < -0.3 is 4.57 Å². The number of Topliss-reactive ketones (excluding diaryl/α,β-unsaturated/α-hetero) is 1. The zero-order valence-corrected chi connectivity index (χ0v) is 10.7. The van der Waals surface area contributed by atoms with Crippen LogP contribution in [0.5, 0.6) is 0 Å². The molecule has 0 spiro atoms. The molecule has 17 heavy (non-hydrogen) atoms. The number of ketones is 1. The van der Waals surface area contributed by atoms with Crippen molar-refractivity contribution in [2.45, 2.75) is 13.3 Å². The van der Waals surface area contributed by atoms with Crippen LogP contribution >= 0.6 is 11.6 Å². The zero-order chi connectivity index (χ0) is 12.6. The number of halogens is 1. The summed E-state index contributed by atoms with van der Waals surface area (Å²) in [6, 6.07) is 0. The molecule has 2 rings (SSSR count). The Morgan fingerprint density at radius 1 is 1.47 bits per heavy atom. The van der Waals surface area contributed by atoms with E-state index in [0.29, 0.717) is 10.8 Å². The number of nitrogens with zero attached hydrogens (tertiary/aromatic N) is 4. The van der Waals surface area contributed by atoms with Gasteiger partial charge >= 0.3 is 0 Å². The van der Waals surface area contributed by atoms with Gasteiger partial charge in [0.2, 0.25) is 5.78 Å². The number of aryl methyl sites for hydroxylation is 3. The molecule has 0 N–H and O–H groups in total. The second-order valence-electron chi connectivity index (χ2n) is 3.93. The average Bonchev–Trinajstić information content (AvgIpc) is 2.78. The number of hydrogen-bond acceptors (Lipinski definition) is 3. The fourth-order valence-electron chi connectivity index (χ4n) is 1.74. The van der Waals surface area contributed by atoms with Crippen LogP contribution in [-0.4, -0.2) is 25.1 Å². The van der Waals surface area contributed by atoms with E-state index < -0.39 is 0 Å².